The molecule has 0 unspecified atom stereocenters. The number of hydrogen-bond donors (Lipinski definition) is 2. The maximum atomic E-state index is 12.3. The molecule has 1 saturated carbocycles. The average Bonchev–Trinajstić information content (AvgIpc) is 2.87. The highest BCUT2D eigenvalue weighted by Gasteiger charge is 2.37. The van der Waals surface area contributed by atoms with Gasteiger partial charge in [-0.3, -0.25) is 4.79 Å². The second kappa shape index (κ2) is 6.16. The van der Waals surface area contributed by atoms with Gasteiger partial charge in [0.2, 0.25) is 5.91 Å². The van der Waals surface area contributed by atoms with E-state index in [9.17, 15) is 18.0 Å². The summed E-state index contributed by atoms with van der Waals surface area (Å²) in [5, 5.41) is 2.71. The molecule has 0 aromatic heterocycles. The van der Waals surface area contributed by atoms with Crippen LogP contribution in [0.5, 0.6) is 5.75 Å². The fraction of sp³-hybridized carbons (Fsp3) is 0.533. The Morgan fingerprint density at radius 3 is 2.59 bits per heavy atom. The lowest BCUT2D eigenvalue weighted by molar-refractivity contribution is -0.153. The van der Waals surface area contributed by atoms with E-state index in [4.69, 9.17) is 10.5 Å². The first-order valence-corrected chi connectivity index (χ1v) is 7.11. The Balaban J connectivity index is 2.10. The van der Waals surface area contributed by atoms with Crippen molar-refractivity contribution in [2.45, 2.75) is 44.3 Å². The third kappa shape index (κ3) is 3.91. The van der Waals surface area contributed by atoms with E-state index in [1.54, 1.807) is 13.0 Å². The molecule has 1 aromatic rings. The van der Waals surface area contributed by atoms with Crippen LogP contribution in [0.25, 0.3) is 0 Å². The second-order valence-electron chi connectivity index (χ2n) is 5.65. The van der Waals surface area contributed by atoms with Crippen LogP contribution in [0, 0.1) is 6.92 Å². The Labute approximate surface area is 126 Å². The number of anilines is 1. The lowest BCUT2D eigenvalue weighted by Crippen LogP contribution is -2.48. The number of benzene rings is 1. The van der Waals surface area contributed by atoms with Gasteiger partial charge in [0.25, 0.3) is 0 Å². The molecule has 1 aromatic carbocycles. The summed E-state index contributed by atoms with van der Waals surface area (Å²) in [6.07, 6.45) is -1.38. The zero-order valence-corrected chi connectivity index (χ0v) is 12.3. The molecule has 1 fully saturated rings. The predicted octanol–water partition coefficient (Wildman–Crippen LogP) is 3.15. The first-order valence-electron chi connectivity index (χ1n) is 7.11. The molecule has 1 aliphatic rings. The number of nitrogens with two attached hydrogens (primary N) is 1. The number of nitrogens with one attached hydrogen (secondary N) is 1. The largest absolute Gasteiger partial charge is 0.484 e. The molecule has 0 radical (unpaired) electrons. The highest BCUT2D eigenvalue weighted by molar-refractivity contribution is 5.98. The minimum Gasteiger partial charge on any atom is -0.484 e. The fourth-order valence-corrected chi connectivity index (χ4v) is 2.55. The molecule has 0 saturated heterocycles. The molecular weight excluding hydrogens is 297 g/mol. The molecule has 0 aliphatic heterocycles. The van der Waals surface area contributed by atoms with E-state index in [1.165, 1.54) is 12.1 Å². The van der Waals surface area contributed by atoms with Crippen molar-refractivity contribution >= 4 is 11.6 Å². The summed E-state index contributed by atoms with van der Waals surface area (Å²) < 4.78 is 41.4. The van der Waals surface area contributed by atoms with E-state index in [-0.39, 0.29) is 11.7 Å². The summed E-state index contributed by atoms with van der Waals surface area (Å²) in [5.74, 6) is -0.214. The Hall–Kier alpha value is -1.76. The van der Waals surface area contributed by atoms with Gasteiger partial charge in [-0.1, -0.05) is 18.9 Å². The summed E-state index contributed by atoms with van der Waals surface area (Å²) in [5.41, 5.74) is 6.03. The summed E-state index contributed by atoms with van der Waals surface area (Å²) in [7, 11) is 0. The van der Waals surface area contributed by atoms with Gasteiger partial charge in [-0.15, -0.1) is 0 Å². The minimum absolute atomic E-state index is 0.0904. The van der Waals surface area contributed by atoms with Crippen molar-refractivity contribution in [3.63, 3.8) is 0 Å². The highest BCUT2D eigenvalue weighted by Crippen LogP contribution is 2.31. The van der Waals surface area contributed by atoms with Crippen LogP contribution < -0.4 is 15.8 Å². The number of amides is 1. The summed E-state index contributed by atoms with van der Waals surface area (Å²) >= 11 is 0. The Bertz CT molecular complexity index is 552. The smallest absolute Gasteiger partial charge is 0.422 e. The molecule has 1 aliphatic carbocycles. The number of carbonyl (C=O) groups is 1. The number of carbonyl (C=O) groups excluding carboxylic acids is 1. The van der Waals surface area contributed by atoms with Crippen molar-refractivity contribution in [3.8, 4) is 5.75 Å². The molecule has 2 rings (SSSR count). The Morgan fingerprint density at radius 1 is 1.36 bits per heavy atom. The monoisotopic (exact) mass is 316 g/mol. The molecule has 4 nitrogen and oxygen atoms in total. The molecule has 0 heterocycles. The summed E-state index contributed by atoms with van der Waals surface area (Å²) in [6, 6.07) is 4.59. The highest BCUT2D eigenvalue weighted by atomic mass is 19.4. The number of ether oxygens (including phenoxy) is 1. The lowest BCUT2D eigenvalue weighted by atomic mass is 9.98. The Morgan fingerprint density at radius 2 is 2.00 bits per heavy atom. The maximum absolute atomic E-state index is 12.3. The van der Waals surface area contributed by atoms with Crippen molar-refractivity contribution in [1.29, 1.82) is 0 Å². The molecular formula is C15H19F3N2O2. The maximum Gasteiger partial charge on any atom is 0.422 e. The van der Waals surface area contributed by atoms with Crippen LogP contribution in [-0.2, 0) is 4.79 Å². The topological polar surface area (TPSA) is 64.4 Å². The molecule has 3 N–H and O–H groups in total. The number of hydrogen-bond acceptors (Lipinski definition) is 3. The molecule has 7 heteroatoms. The van der Waals surface area contributed by atoms with E-state index in [1.807, 2.05) is 0 Å². The molecule has 0 spiro atoms. The first-order chi connectivity index (χ1) is 10.2. The zero-order chi connectivity index (χ0) is 16.4. The van der Waals surface area contributed by atoms with E-state index in [0.717, 1.165) is 12.8 Å². The number of rotatable bonds is 4. The fourth-order valence-electron chi connectivity index (χ4n) is 2.55. The molecule has 0 atom stereocenters. The summed E-state index contributed by atoms with van der Waals surface area (Å²) in [6.45, 7) is 0.227. The van der Waals surface area contributed by atoms with E-state index in [2.05, 4.69) is 5.32 Å². The van der Waals surface area contributed by atoms with Crippen LogP contribution in [0.2, 0.25) is 0 Å². The van der Waals surface area contributed by atoms with Gasteiger partial charge in [0.15, 0.2) is 6.61 Å². The quantitative estimate of drug-likeness (QED) is 0.897. The molecule has 1 amide bonds. The van der Waals surface area contributed by atoms with Gasteiger partial charge in [-0.25, -0.2) is 0 Å². The van der Waals surface area contributed by atoms with Crippen LogP contribution in [0.3, 0.4) is 0 Å². The van der Waals surface area contributed by atoms with Crippen molar-refractivity contribution in [2.24, 2.45) is 5.73 Å². The minimum atomic E-state index is -4.41. The zero-order valence-electron chi connectivity index (χ0n) is 12.3. The van der Waals surface area contributed by atoms with Crippen molar-refractivity contribution in [2.75, 3.05) is 11.9 Å². The van der Waals surface area contributed by atoms with Crippen LogP contribution >= 0.6 is 0 Å². The SMILES string of the molecule is Cc1c(NC(=O)C2(N)CCCC2)cccc1OCC(F)(F)F. The molecule has 22 heavy (non-hydrogen) atoms. The van der Waals surface area contributed by atoms with Crippen molar-refractivity contribution in [1.82, 2.24) is 0 Å². The summed E-state index contributed by atoms with van der Waals surface area (Å²) in [4.78, 5) is 12.3. The van der Waals surface area contributed by atoms with Crippen LogP contribution in [-0.4, -0.2) is 24.2 Å². The standard InChI is InChI=1S/C15H19F3N2O2/c1-10-11(20-13(21)14(19)7-2-3-8-14)5-4-6-12(10)22-9-15(16,17)18/h4-6H,2-3,7-9,19H2,1H3,(H,20,21). The van der Waals surface area contributed by atoms with E-state index in [0.29, 0.717) is 24.1 Å². The number of halogens is 3. The van der Waals surface area contributed by atoms with Crippen LogP contribution in [0.4, 0.5) is 18.9 Å². The van der Waals surface area contributed by atoms with Crippen molar-refractivity contribution < 1.29 is 22.7 Å². The predicted molar refractivity (Wildman–Crippen MR) is 76.7 cm³/mol. The van der Waals surface area contributed by atoms with Gasteiger partial charge in [-0.05, 0) is 31.9 Å². The third-order valence-corrected chi connectivity index (χ3v) is 3.87. The normalized spacial score (nSPS) is 17.3. The van der Waals surface area contributed by atoms with Gasteiger partial charge in [0.1, 0.15) is 5.75 Å². The molecule has 0 bridgehead atoms. The van der Waals surface area contributed by atoms with E-state index < -0.39 is 18.3 Å². The molecule has 122 valence electrons. The van der Waals surface area contributed by atoms with Gasteiger partial charge < -0.3 is 15.8 Å². The second-order valence-corrected chi connectivity index (χ2v) is 5.65. The van der Waals surface area contributed by atoms with Gasteiger partial charge in [0, 0.05) is 11.3 Å². The third-order valence-electron chi connectivity index (χ3n) is 3.87. The number of alkyl halides is 3. The average molecular weight is 316 g/mol. The van der Waals surface area contributed by atoms with Gasteiger partial charge in [0.05, 0.1) is 5.54 Å². The van der Waals surface area contributed by atoms with Gasteiger partial charge >= 0.3 is 6.18 Å². The van der Waals surface area contributed by atoms with Crippen LogP contribution in [0.15, 0.2) is 18.2 Å². The first kappa shape index (κ1) is 16.6. The Kier molecular flexibility index (Phi) is 4.65. The van der Waals surface area contributed by atoms with Crippen molar-refractivity contribution in [3.05, 3.63) is 23.8 Å². The van der Waals surface area contributed by atoms with Gasteiger partial charge in [-0.2, -0.15) is 13.2 Å². The van der Waals surface area contributed by atoms with Crippen LogP contribution in [0.1, 0.15) is 31.2 Å². The van der Waals surface area contributed by atoms with E-state index >= 15 is 0 Å². The lowest BCUT2D eigenvalue weighted by Gasteiger charge is -2.23.